The monoisotopic (exact) mass is 376 g/mol. The molecule has 0 saturated carbocycles. The van der Waals surface area contributed by atoms with Crippen LogP contribution in [-0.2, 0) is 0 Å². The highest BCUT2D eigenvalue weighted by molar-refractivity contribution is 7.17. The summed E-state index contributed by atoms with van der Waals surface area (Å²) in [6.07, 6.45) is 5.52. The molecule has 5 nitrogen and oxygen atoms in total. The lowest BCUT2D eigenvalue weighted by Gasteiger charge is -2.04. The Morgan fingerprint density at radius 2 is 1.81 bits per heavy atom. The molecule has 1 aromatic carbocycles. The van der Waals surface area contributed by atoms with E-state index in [1.54, 1.807) is 17.4 Å². The molecule has 0 N–H and O–H groups in total. The van der Waals surface area contributed by atoms with Crippen molar-refractivity contribution >= 4 is 28.2 Å². The molecule has 4 aromatic rings. The SMILES string of the molecule is Cc1cn2c(/C=C/C(=O)c3c(C)nn(-c4ccccc4)c3C)c(C)nc2s1. The molecule has 0 spiro atoms. The van der Waals surface area contributed by atoms with E-state index in [4.69, 9.17) is 0 Å². The average molecular weight is 376 g/mol. The van der Waals surface area contributed by atoms with Gasteiger partial charge in [-0.2, -0.15) is 5.10 Å². The first-order valence-corrected chi connectivity index (χ1v) is 9.56. The molecule has 3 aromatic heterocycles. The lowest BCUT2D eigenvalue weighted by atomic mass is 10.1. The van der Waals surface area contributed by atoms with Gasteiger partial charge >= 0.3 is 0 Å². The second-order valence-corrected chi connectivity index (χ2v) is 7.78. The summed E-state index contributed by atoms with van der Waals surface area (Å²) in [6, 6.07) is 9.85. The Kier molecular flexibility index (Phi) is 4.28. The van der Waals surface area contributed by atoms with Crippen molar-refractivity contribution < 1.29 is 4.79 Å². The number of fused-ring (bicyclic) bond motifs is 1. The number of para-hydroxylation sites is 1. The van der Waals surface area contributed by atoms with Crippen LogP contribution in [0.1, 0.15) is 38.0 Å². The van der Waals surface area contributed by atoms with Crippen LogP contribution >= 0.6 is 11.3 Å². The Bertz CT molecular complexity index is 1180. The quantitative estimate of drug-likeness (QED) is 0.383. The molecular formula is C21H20N4OS. The number of aryl methyl sites for hydroxylation is 3. The second-order valence-electron chi connectivity index (χ2n) is 6.57. The van der Waals surface area contributed by atoms with Gasteiger partial charge in [-0.15, -0.1) is 11.3 Å². The normalized spacial score (nSPS) is 11.7. The molecule has 6 heteroatoms. The Morgan fingerprint density at radius 1 is 1.07 bits per heavy atom. The summed E-state index contributed by atoms with van der Waals surface area (Å²) in [5.74, 6) is -0.0477. The number of carbonyl (C=O) groups excluding carboxylic acids is 1. The Hall–Kier alpha value is -2.99. The van der Waals surface area contributed by atoms with E-state index in [0.717, 1.165) is 33.4 Å². The number of carbonyl (C=O) groups is 1. The fourth-order valence-electron chi connectivity index (χ4n) is 3.34. The number of thiazole rings is 1. The number of benzene rings is 1. The highest BCUT2D eigenvalue weighted by atomic mass is 32.1. The lowest BCUT2D eigenvalue weighted by molar-refractivity contribution is 0.104. The van der Waals surface area contributed by atoms with Crippen molar-refractivity contribution in [3.63, 3.8) is 0 Å². The maximum Gasteiger partial charge on any atom is 0.194 e. The zero-order valence-corrected chi connectivity index (χ0v) is 16.5. The predicted molar refractivity (Wildman–Crippen MR) is 109 cm³/mol. The summed E-state index contributed by atoms with van der Waals surface area (Å²) in [5.41, 5.74) is 5.02. The first kappa shape index (κ1) is 17.4. The van der Waals surface area contributed by atoms with E-state index in [9.17, 15) is 4.79 Å². The smallest absolute Gasteiger partial charge is 0.194 e. The minimum atomic E-state index is -0.0477. The summed E-state index contributed by atoms with van der Waals surface area (Å²) in [6.45, 7) is 7.82. The third-order valence-electron chi connectivity index (χ3n) is 4.59. The Balaban J connectivity index is 1.70. The van der Waals surface area contributed by atoms with Crippen LogP contribution in [0.25, 0.3) is 16.7 Å². The minimum Gasteiger partial charge on any atom is -0.290 e. The van der Waals surface area contributed by atoms with Gasteiger partial charge in [-0.1, -0.05) is 18.2 Å². The number of ketones is 1. The van der Waals surface area contributed by atoms with Crippen molar-refractivity contribution in [2.75, 3.05) is 0 Å². The molecular weight excluding hydrogens is 356 g/mol. The van der Waals surface area contributed by atoms with Gasteiger partial charge in [-0.05, 0) is 52.0 Å². The number of nitrogens with zero attached hydrogens (tertiary/aromatic N) is 4. The van der Waals surface area contributed by atoms with Crippen molar-refractivity contribution in [1.82, 2.24) is 19.2 Å². The van der Waals surface area contributed by atoms with Gasteiger partial charge in [0.2, 0.25) is 0 Å². The van der Waals surface area contributed by atoms with Crippen LogP contribution in [-0.4, -0.2) is 24.9 Å². The molecule has 0 atom stereocenters. The molecule has 4 rings (SSSR count). The van der Waals surface area contributed by atoms with Gasteiger partial charge in [0.1, 0.15) is 0 Å². The molecule has 0 saturated heterocycles. The van der Waals surface area contributed by atoms with E-state index >= 15 is 0 Å². The van der Waals surface area contributed by atoms with Crippen molar-refractivity contribution in [3.8, 4) is 5.69 Å². The van der Waals surface area contributed by atoms with Crippen LogP contribution in [0.2, 0.25) is 0 Å². The highest BCUT2D eigenvalue weighted by Crippen LogP contribution is 2.23. The minimum absolute atomic E-state index is 0.0477. The van der Waals surface area contributed by atoms with Crippen LogP contribution in [0, 0.1) is 27.7 Å². The van der Waals surface area contributed by atoms with Crippen molar-refractivity contribution in [2.45, 2.75) is 27.7 Å². The molecule has 0 unspecified atom stereocenters. The topological polar surface area (TPSA) is 52.2 Å². The van der Waals surface area contributed by atoms with Gasteiger partial charge in [-0.3, -0.25) is 9.20 Å². The van der Waals surface area contributed by atoms with Crippen molar-refractivity contribution in [1.29, 1.82) is 0 Å². The molecule has 0 fully saturated rings. The van der Waals surface area contributed by atoms with E-state index in [-0.39, 0.29) is 5.78 Å². The number of hydrogen-bond acceptors (Lipinski definition) is 4. The van der Waals surface area contributed by atoms with Gasteiger partial charge < -0.3 is 0 Å². The second kappa shape index (κ2) is 6.63. The van der Waals surface area contributed by atoms with Crippen LogP contribution in [0.5, 0.6) is 0 Å². The zero-order chi connectivity index (χ0) is 19.1. The fraction of sp³-hybridized carbons (Fsp3) is 0.190. The van der Waals surface area contributed by atoms with E-state index in [1.165, 1.54) is 4.88 Å². The molecule has 0 aliphatic carbocycles. The number of hydrogen-bond donors (Lipinski definition) is 0. The summed E-state index contributed by atoms with van der Waals surface area (Å²) < 4.78 is 3.85. The molecule has 0 amide bonds. The van der Waals surface area contributed by atoms with Crippen LogP contribution in [0.4, 0.5) is 0 Å². The van der Waals surface area contributed by atoms with Crippen molar-refractivity contribution in [3.05, 3.63) is 75.8 Å². The van der Waals surface area contributed by atoms with Gasteiger partial charge in [0.25, 0.3) is 0 Å². The highest BCUT2D eigenvalue weighted by Gasteiger charge is 2.18. The van der Waals surface area contributed by atoms with Crippen LogP contribution in [0.15, 0.2) is 42.6 Å². The van der Waals surface area contributed by atoms with E-state index in [2.05, 4.69) is 17.0 Å². The zero-order valence-electron chi connectivity index (χ0n) is 15.7. The maximum absolute atomic E-state index is 12.9. The predicted octanol–water partition coefficient (Wildman–Crippen LogP) is 4.71. The van der Waals surface area contributed by atoms with Gasteiger partial charge in [-0.25, -0.2) is 9.67 Å². The molecule has 136 valence electrons. The lowest BCUT2D eigenvalue weighted by Crippen LogP contribution is -2.01. The number of rotatable bonds is 4. The van der Waals surface area contributed by atoms with Crippen LogP contribution in [0.3, 0.4) is 0 Å². The number of aromatic nitrogens is 4. The van der Waals surface area contributed by atoms with E-state index in [1.807, 2.05) is 72.5 Å². The average Bonchev–Trinajstić information content (AvgIpc) is 3.23. The summed E-state index contributed by atoms with van der Waals surface area (Å²) in [4.78, 5) is 19.6. The van der Waals surface area contributed by atoms with E-state index < -0.39 is 0 Å². The summed E-state index contributed by atoms with van der Waals surface area (Å²) in [5, 5.41) is 4.56. The number of allylic oxidation sites excluding steroid dienone is 1. The Morgan fingerprint density at radius 3 is 2.56 bits per heavy atom. The van der Waals surface area contributed by atoms with Crippen molar-refractivity contribution in [2.24, 2.45) is 0 Å². The molecule has 0 radical (unpaired) electrons. The van der Waals surface area contributed by atoms with Gasteiger partial charge in [0.15, 0.2) is 10.7 Å². The first-order valence-electron chi connectivity index (χ1n) is 8.75. The molecule has 3 heterocycles. The van der Waals surface area contributed by atoms with Crippen LogP contribution < -0.4 is 0 Å². The standard InChI is InChI=1S/C21H20N4OS/c1-13-12-24-18(14(2)22-21(24)27-13)10-11-19(26)20-15(3)23-25(16(20)4)17-8-6-5-7-9-17/h5-12H,1-4H3/b11-10+. The fourth-order valence-corrected chi connectivity index (χ4v) is 4.22. The van der Waals surface area contributed by atoms with Gasteiger partial charge in [0.05, 0.1) is 34.0 Å². The summed E-state index contributed by atoms with van der Waals surface area (Å²) >= 11 is 1.64. The molecule has 0 bridgehead atoms. The van der Waals surface area contributed by atoms with Gasteiger partial charge in [0, 0.05) is 11.1 Å². The third-order valence-corrected chi connectivity index (χ3v) is 5.49. The molecule has 0 aliphatic heterocycles. The molecule has 27 heavy (non-hydrogen) atoms. The first-order chi connectivity index (χ1) is 13.0. The Labute approximate surface area is 161 Å². The van der Waals surface area contributed by atoms with E-state index in [0.29, 0.717) is 5.56 Å². The number of imidazole rings is 1. The molecule has 0 aliphatic rings. The largest absolute Gasteiger partial charge is 0.290 e. The summed E-state index contributed by atoms with van der Waals surface area (Å²) in [7, 11) is 0. The third kappa shape index (κ3) is 3.02. The maximum atomic E-state index is 12.9.